The molecule has 0 spiro atoms. The second kappa shape index (κ2) is 12.7. The molecule has 0 radical (unpaired) electrons. The van der Waals surface area contributed by atoms with Crippen LogP contribution in [0.2, 0.25) is 0 Å². The van der Waals surface area contributed by atoms with Gasteiger partial charge in [0.15, 0.2) is 0 Å². The summed E-state index contributed by atoms with van der Waals surface area (Å²) < 4.78 is 0. The molecule has 162 valence electrons. The van der Waals surface area contributed by atoms with E-state index >= 15 is 0 Å². The Kier molecular flexibility index (Phi) is 9.33. The van der Waals surface area contributed by atoms with Crippen LogP contribution in [0.25, 0.3) is 0 Å². The highest BCUT2D eigenvalue weighted by atomic mass is 16.1. The molecule has 1 amide bonds. The molecule has 3 aromatic carbocycles. The Morgan fingerprint density at radius 3 is 1.65 bits per heavy atom. The molecule has 31 heavy (non-hydrogen) atoms. The normalized spacial score (nSPS) is 14.5. The van der Waals surface area contributed by atoms with Gasteiger partial charge in [-0.3, -0.25) is 4.79 Å². The number of hydrogen-bond donors (Lipinski definition) is 1. The van der Waals surface area contributed by atoms with Crippen molar-refractivity contribution in [1.29, 1.82) is 0 Å². The van der Waals surface area contributed by atoms with Crippen molar-refractivity contribution in [2.45, 2.75) is 38.1 Å². The highest BCUT2D eigenvalue weighted by Crippen LogP contribution is 2.28. The Morgan fingerprint density at radius 1 is 0.806 bits per heavy atom. The first kappa shape index (κ1) is 22.8. The third-order valence-electron chi connectivity index (χ3n) is 5.80. The van der Waals surface area contributed by atoms with Crippen molar-refractivity contribution >= 4 is 5.91 Å². The van der Waals surface area contributed by atoms with Gasteiger partial charge in [0, 0.05) is 32.0 Å². The zero-order valence-electron chi connectivity index (χ0n) is 18.5. The number of carbonyl (C=O) groups excluding carboxylic acids is 1. The summed E-state index contributed by atoms with van der Waals surface area (Å²) in [6.07, 6.45) is 3.24. The molecule has 3 heteroatoms. The monoisotopic (exact) mass is 414 g/mol. The van der Waals surface area contributed by atoms with Crippen LogP contribution < -0.4 is 5.32 Å². The second-order valence-electron chi connectivity index (χ2n) is 8.13. The van der Waals surface area contributed by atoms with E-state index in [9.17, 15) is 4.79 Å². The summed E-state index contributed by atoms with van der Waals surface area (Å²) in [6.45, 7) is 4.85. The molecule has 1 fully saturated rings. The van der Waals surface area contributed by atoms with Crippen molar-refractivity contribution in [2.75, 3.05) is 19.6 Å². The quantitative estimate of drug-likeness (QED) is 0.578. The van der Waals surface area contributed by atoms with Gasteiger partial charge < -0.3 is 10.2 Å². The van der Waals surface area contributed by atoms with Gasteiger partial charge in [-0.25, -0.2) is 0 Å². The van der Waals surface area contributed by atoms with Crippen LogP contribution >= 0.6 is 0 Å². The fraction of sp³-hybridized carbons (Fsp3) is 0.321. The number of likely N-dealkylation sites (tertiary alicyclic amines) is 1. The average Bonchev–Trinajstić information content (AvgIpc) is 2.83. The molecular formula is C28H34N2O. The number of nitrogens with one attached hydrogen (secondary N) is 1. The molecule has 1 aliphatic heterocycles. The first-order valence-electron chi connectivity index (χ1n) is 11.3. The Labute approximate surface area is 187 Å². The van der Waals surface area contributed by atoms with Gasteiger partial charge in [-0.15, -0.1) is 0 Å². The average molecular weight is 415 g/mol. The van der Waals surface area contributed by atoms with E-state index in [0.717, 1.165) is 38.9 Å². The van der Waals surface area contributed by atoms with E-state index in [1.54, 1.807) is 6.92 Å². The zero-order chi connectivity index (χ0) is 21.7. The van der Waals surface area contributed by atoms with Crippen molar-refractivity contribution < 1.29 is 4.79 Å². The summed E-state index contributed by atoms with van der Waals surface area (Å²) in [6, 6.07) is 34.0. The molecule has 4 rings (SSSR count). The minimum Gasteiger partial charge on any atom is -0.354 e. The number of nitrogens with zero attached hydrogens (tertiary/aromatic N) is 1. The van der Waals surface area contributed by atoms with Gasteiger partial charge in [0.25, 0.3) is 0 Å². The molecule has 0 aliphatic carbocycles. The van der Waals surface area contributed by atoms with Crippen molar-refractivity contribution in [1.82, 2.24) is 10.2 Å². The first-order valence-corrected chi connectivity index (χ1v) is 11.3. The van der Waals surface area contributed by atoms with E-state index in [0.29, 0.717) is 12.0 Å². The molecule has 3 aromatic rings. The molecule has 0 saturated carbocycles. The third-order valence-corrected chi connectivity index (χ3v) is 5.80. The summed E-state index contributed by atoms with van der Waals surface area (Å²) in [7, 11) is 0. The van der Waals surface area contributed by atoms with E-state index in [1.165, 1.54) is 11.1 Å². The van der Waals surface area contributed by atoms with Crippen molar-refractivity contribution in [3.8, 4) is 0 Å². The van der Waals surface area contributed by atoms with E-state index < -0.39 is 0 Å². The SMILES string of the molecule is CC(=O)NC1CCN(CCC(c2ccccc2)c2ccccc2)CC1.c1ccccc1. The predicted octanol–water partition coefficient (Wildman–Crippen LogP) is 5.50. The van der Waals surface area contributed by atoms with Gasteiger partial charge >= 0.3 is 0 Å². The van der Waals surface area contributed by atoms with Crippen LogP contribution in [0, 0.1) is 0 Å². The number of carbonyl (C=O) groups is 1. The van der Waals surface area contributed by atoms with Crippen molar-refractivity contribution in [2.24, 2.45) is 0 Å². The Bertz CT molecular complexity index is 793. The number of hydrogen-bond acceptors (Lipinski definition) is 2. The summed E-state index contributed by atoms with van der Waals surface area (Å²) >= 11 is 0. The second-order valence-corrected chi connectivity index (χ2v) is 8.13. The fourth-order valence-corrected chi connectivity index (χ4v) is 4.18. The first-order chi connectivity index (χ1) is 15.2. The summed E-state index contributed by atoms with van der Waals surface area (Å²) in [4.78, 5) is 13.7. The van der Waals surface area contributed by atoms with Gasteiger partial charge in [0.1, 0.15) is 0 Å². The van der Waals surface area contributed by atoms with E-state index in [-0.39, 0.29) is 5.91 Å². The highest BCUT2D eigenvalue weighted by molar-refractivity contribution is 5.73. The van der Waals surface area contributed by atoms with Crippen LogP contribution in [0.5, 0.6) is 0 Å². The fourth-order valence-electron chi connectivity index (χ4n) is 4.18. The van der Waals surface area contributed by atoms with Crippen LogP contribution in [0.1, 0.15) is 43.2 Å². The predicted molar refractivity (Wildman–Crippen MR) is 129 cm³/mol. The number of rotatable bonds is 6. The maximum atomic E-state index is 11.2. The molecule has 0 bridgehead atoms. The summed E-state index contributed by atoms with van der Waals surface area (Å²) in [5.74, 6) is 0.530. The van der Waals surface area contributed by atoms with Crippen LogP contribution in [0.3, 0.4) is 0 Å². The van der Waals surface area contributed by atoms with Crippen molar-refractivity contribution in [3.05, 3.63) is 108 Å². The number of benzene rings is 3. The Morgan fingerprint density at radius 2 is 1.23 bits per heavy atom. The summed E-state index contributed by atoms with van der Waals surface area (Å²) in [5.41, 5.74) is 2.78. The van der Waals surface area contributed by atoms with Gasteiger partial charge in [-0.2, -0.15) is 0 Å². The van der Waals surface area contributed by atoms with Gasteiger partial charge in [-0.05, 0) is 36.9 Å². The van der Waals surface area contributed by atoms with Gasteiger partial charge in [0.05, 0.1) is 0 Å². The Hall–Kier alpha value is -2.91. The minimum absolute atomic E-state index is 0.0895. The van der Waals surface area contributed by atoms with Crippen molar-refractivity contribution in [3.63, 3.8) is 0 Å². The van der Waals surface area contributed by atoms with Crippen LogP contribution in [0.15, 0.2) is 97.1 Å². The lowest BCUT2D eigenvalue weighted by atomic mass is 9.88. The van der Waals surface area contributed by atoms with Crippen LogP contribution in [0.4, 0.5) is 0 Å². The molecule has 0 atom stereocenters. The maximum absolute atomic E-state index is 11.2. The van der Waals surface area contributed by atoms with E-state index in [4.69, 9.17) is 0 Å². The molecule has 1 saturated heterocycles. The minimum atomic E-state index is 0.0895. The van der Waals surface area contributed by atoms with Gasteiger partial charge in [-0.1, -0.05) is 97.1 Å². The zero-order valence-corrected chi connectivity index (χ0v) is 18.5. The maximum Gasteiger partial charge on any atom is 0.217 e. The molecule has 1 heterocycles. The van der Waals surface area contributed by atoms with E-state index in [1.807, 2.05) is 36.4 Å². The topological polar surface area (TPSA) is 32.3 Å². The lowest BCUT2D eigenvalue weighted by Gasteiger charge is -2.33. The lowest BCUT2D eigenvalue weighted by molar-refractivity contribution is -0.119. The molecule has 0 unspecified atom stereocenters. The van der Waals surface area contributed by atoms with Gasteiger partial charge in [0.2, 0.25) is 5.91 Å². The highest BCUT2D eigenvalue weighted by Gasteiger charge is 2.21. The van der Waals surface area contributed by atoms with Crippen LogP contribution in [-0.2, 0) is 4.79 Å². The summed E-state index contributed by atoms with van der Waals surface area (Å²) in [5, 5.41) is 3.05. The molecule has 0 aromatic heterocycles. The smallest absolute Gasteiger partial charge is 0.217 e. The lowest BCUT2D eigenvalue weighted by Crippen LogP contribution is -2.44. The number of piperidine rings is 1. The molecule has 3 nitrogen and oxygen atoms in total. The number of amides is 1. The van der Waals surface area contributed by atoms with E-state index in [2.05, 4.69) is 70.9 Å². The standard InChI is InChI=1S/C22H28N2O.C6H6/c1-18(25)23-21-12-15-24(16-13-21)17-14-22(19-8-4-2-5-9-19)20-10-6-3-7-11-20;1-2-4-6-5-3-1/h2-11,21-22H,12-17H2,1H3,(H,23,25);1-6H. The molecule has 1 aliphatic rings. The largest absolute Gasteiger partial charge is 0.354 e. The molecular weight excluding hydrogens is 380 g/mol. The van der Waals surface area contributed by atoms with Crippen LogP contribution in [-0.4, -0.2) is 36.5 Å². The Balaban J connectivity index is 0.000000391. The third kappa shape index (κ3) is 8.03. The molecule has 1 N–H and O–H groups in total.